The minimum Gasteiger partial charge on any atom is -0.283 e. The van der Waals surface area contributed by atoms with Gasteiger partial charge in [0, 0.05) is 6.20 Å². The quantitative estimate of drug-likeness (QED) is 0.342. The molecule has 0 unspecified atom stereocenters. The number of para-hydroxylation sites is 1. The van der Waals surface area contributed by atoms with Crippen LogP contribution in [0.3, 0.4) is 0 Å². The maximum Gasteiger partial charge on any atom is 2.00 e. The van der Waals surface area contributed by atoms with Crippen molar-refractivity contribution in [1.29, 1.82) is 0 Å². The maximum atomic E-state index is 6.14. The molecule has 1 aliphatic rings. The molecule has 22 heavy (non-hydrogen) atoms. The van der Waals surface area contributed by atoms with Crippen molar-refractivity contribution < 1.29 is 17.4 Å². The second-order valence-electron chi connectivity index (χ2n) is 4.80. The summed E-state index contributed by atoms with van der Waals surface area (Å²) in [4.78, 5) is 4.13. The Hall–Kier alpha value is -0.271. The molecule has 1 heterocycles. The predicted molar refractivity (Wildman–Crippen MR) is 98.9 cm³/mol. The van der Waals surface area contributed by atoms with Crippen molar-refractivity contribution in [3.63, 3.8) is 0 Å². The molecule has 2 aromatic rings. The van der Waals surface area contributed by atoms with E-state index in [2.05, 4.69) is 36.3 Å². The molecule has 118 valence electrons. The summed E-state index contributed by atoms with van der Waals surface area (Å²) < 4.78 is 0. The molecule has 6 heteroatoms. The van der Waals surface area contributed by atoms with Crippen molar-refractivity contribution >= 4 is 54.2 Å². The number of allylic oxidation sites excluding steroid dienone is 4. The number of aromatic nitrogens is 1. The first-order chi connectivity index (χ1) is 9.07. The van der Waals surface area contributed by atoms with Gasteiger partial charge in [0.05, 0.1) is 7.38 Å². The van der Waals surface area contributed by atoms with Crippen LogP contribution in [0.2, 0.25) is 13.1 Å². The van der Waals surface area contributed by atoms with Gasteiger partial charge in [-0.25, -0.2) is 6.08 Å². The SMILES string of the molecule is C[Si](C)(Cl)C1=CC[C-]=C1.Cl.Cl.[Cr+2].[c-]1cccc2cccnc12. The number of benzene rings is 1. The minimum absolute atomic E-state index is 0. The Labute approximate surface area is 161 Å². The van der Waals surface area contributed by atoms with Crippen LogP contribution in [0.25, 0.3) is 10.9 Å². The smallest absolute Gasteiger partial charge is 0.283 e. The van der Waals surface area contributed by atoms with Crippen LogP contribution in [-0.4, -0.2) is 12.4 Å². The van der Waals surface area contributed by atoms with E-state index in [1.54, 1.807) is 6.20 Å². The van der Waals surface area contributed by atoms with E-state index in [0.717, 1.165) is 17.3 Å². The summed E-state index contributed by atoms with van der Waals surface area (Å²) in [5.41, 5.74) is 0.935. The number of pyridine rings is 1. The first kappa shape index (κ1) is 24.0. The average molecular weight is 411 g/mol. The van der Waals surface area contributed by atoms with Crippen molar-refractivity contribution in [2.75, 3.05) is 0 Å². The van der Waals surface area contributed by atoms with Gasteiger partial charge < -0.3 is 0 Å². The van der Waals surface area contributed by atoms with Crippen LogP contribution in [0.1, 0.15) is 6.42 Å². The number of halogens is 3. The zero-order valence-electron chi connectivity index (χ0n) is 12.4. The number of hydrogen-bond donors (Lipinski definition) is 0. The van der Waals surface area contributed by atoms with E-state index < -0.39 is 7.38 Å². The second kappa shape index (κ2) is 11.3. The number of hydrogen-bond acceptors (Lipinski definition) is 1. The standard InChI is InChI=1S/C9H6N.C7H10ClSi.2ClH.Cr/c1-2-6-9-8(4-1)5-3-7-10-9;1-9(2,8)7-5-3-4-6-7;;;/h1-5,7H;5-6H,3H2,1-2H3;2*1H;/q2*-1;;;+2. The molecule has 1 aromatic heterocycles. The molecule has 1 nitrogen and oxygen atoms in total. The Morgan fingerprint density at radius 1 is 1.18 bits per heavy atom. The molecule has 1 aliphatic carbocycles. The average Bonchev–Trinajstić information content (AvgIpc) is 2.93. The number of rotatable bonds is 1. The van der Waals surface area contributed by atoms with E-state index >= 15 is 0 Å². The molecule has 3 rings (SSSR count). The predicted octanol–water partition coefficient (Wildman–Crippen LogP) is 5.54. The minimum atomic E-state index is -1.51. The van der Waals surface area contributed by atoms with Crippen LogP contribution in [0.5, 0.6) is 0 Å². The molecule has 0 saturated carbocycles. The van der Waals surface area contributed by atoms with Crippen molar-refractivity contribution in [3.8, 4) is 0 Å². The second-order valence-corrected chi connectivity index (χ2v) is 11.2. The molecular weight excluding hydrogens is 393 g/mol. The van der Waals surface area contributed by atoms with Crippen LogP contribution in [0.15, 0.2) is 53.9 Å². The summed E-state index contributed by atoms with van der Waals surface area (Å²) in [6.45, 7) is 4.26. The largest absolute Gasteiger partial charge is 2.00 e. The molecule has 0 aliphatic heterocycles. The van der Waals surface area contributed by atoms with E-state index in [1.165, 1.54) is 5.20 Å². The topological polar surface area (TPSA) is 12.9 Å². The molecular formula is C16H18Cl3CrNSi. The van der Waals surface area contributed by atoms with E-state index in [1.807, 2.05) is 36.4 Å². The Balaban J connectivity index is 0. The van der Waals surface area contributed by atoms with Crippen molar-refractivity contribution in [2.45, 2.75) is 19.5 Å². The molecule has 0 N–H and O–H groups in total. The summed E-state index contributed by atoms with van der Waals surface area (Å²) in [7, 11) is -1.51. The monoisotopic (exact) mass is 409 g/mol. The third-order valence-corrected chi connectivity index (χ3v) is 5.19. The number of fused-ring (bicyclic) bond motifs is 1. The maximum absolute atomic E-state index is 6.14. The van der Waals surface area contributed by atoms with Crippen LogP contribution >= 0.6 is 35.9 Å². The summed E-state index contributed by atoms with van der Waals surface area (Å²) in [5, 5.41) is 2.47. The van der Waals surface area contributed by atoms with Crippen LogP contribution in [0.4, 0.5) is 0 Å². The van der Waals surface area contributed by atoms with E-state index in [0.29, 0.717) is 0 Å². The van der Waals surface area contributed by atoms with Gasteiger partial charge in [0.2, 0.25) is 0 Å². The van der Waals surface area contributed by atoms with Crippen LogP contribution in [0, 0.1) is 12.1 Å². The Morgan fingerprint density at radius 3 is 2.36 bits per heavy atom. The molecule has 1 aromatic carbocycles. The van der Waals surface area contributed by atoms with Gasteiger partial charge in [-0.05, 0) is 5.52 Å². The van der Waals surface area contributed by atoms with E-state index in [4.69, 9.17) is 11.1 Å². The fourth-order valence-corrected chi connectivity index (χ4v) is 3.19. The van der Waals surface area contributed by atoms with Crippen molar-refractivity contribution in [3.05, 3.63) is 66.0 Å². The summed E-state index contributed by atoms with van der Waals surface area (Å²) in [6, 6.07) is 12.9. The fraction of sp³-hybridized carbons (Fsp3) is 0.188. The van der Waals surface area contributed by atoms with E-state index in [-0.39, 0.29) is 42.2 Å². The Kier molecular flexibility index (Phi) is 12.3. The fourth-order valence-electron chi connectivity index (χ4n) is 1.76. The van der Waals surface area contributed by atoms with Crippen molar-refractivity contribution in [1.82, 2.24) is 4.98 Å². The van der Waals surface area contributed by atoms with Gasteiger partial charge in [0.1, 0.15) is 0 Å². The van der Waals surface area contributed by atoms with Crippen molar-refractivity contribution in [2.24, 2.45) is 0 Å². The van der Waals surface area contributed by atoms with Crippen LogP contribution < -0.4 is 0 Å². The van der Waals surface area contributed by atoms with Crippen LogP contribution in [-0.2, 0) is 17.4 Å². The first-order valence-corrected chi connectivity index (χ1v) is 10.3. The third kappa shape index (κ3) is 7.33. The molecule has 0 spiro atoms. The summed E-state index contributed by atoms with van der Waals surface area (Å²) >= 11 is 6.14. The molecule has 0 atom stereocenters. The molecule has 0 amide bonds. The van der Waals surface area contributed by atoms with E-state index in [9.17, 15) is 0 Å². The normalized spacial score (nSPS) is 12.0. The van der Waals surface area contributed by atoms with Gasteiger partial charge in [0.15, 0.2) is 0 Å². The van der Waals surface area contributed by atoms with Gasteiger partial charge >= 0.3 is 17.4 Å². The summed E-state index contributed by atoms with van der Waals surface area (Å²) in [5.74, 6) is 0. The Morgan fingerprint density at radius 2 is 1.86 bits per heavy atom. The third-order valence-electron chi connectivity index (χ3n) is 2.81. The summed E-state index contributed by atoms with van der Waals surface area (Å²) in [6.07, 6.45) is 10.0. The number of nitrogens with zero attached hydrogens (tertiary/aromatic N) is 1. The molecule has 0 saturated heterocycles. The van der Waals surface area contributed by atoms with Gasteiger partial charge in [-0.1, -0.05) is 19.2 Å². The zero-order chi connectivity index (χ0) is 13.7. The van der Waals surface area contributed by atoms with Gasteiger partial charge in [-0.15, -0.1) is 42.7 Å². The molecule has 0 bridgehead atoms. The molecule has 0 radical (unpaired) electrons. The first-order valence-electron chi connectivity index (χ1n) is 6.25. The zero-order valence-corrected chi connectivity index (χ0v) is 17.0. The Bertz CT molecular complexity index is 559. The van der Waals surface area contributed by atoms with Gasteiger partial charge in [-0.3, -0.25) is 11.1 Å². The van der Waals surface area contributed by atoms with Gasteiger partial charge in [-0.2, -0.15) is 46.6 Å². The molecule has 0 fully saturated rings. The van der Waals surface area contributed by atoms with Gasteiger partial charge in [0.25, 0.3) is 0 Å².